The van der Waals surface area contributed by atoms with Gasteiger partial charge in [0, 0.05) is 7.05 Å². The van der Waals surface area contributed by atoms with Gasteiger partial charge in [0.25, 0.3) is 5.56 Å². The molecule has 0 atom stereocenters. The number of carbonyl (C=O) groups excluding carboxylic acids is 1. The number of nitrogens with one attached hydrogen (secondary N) is 1. The Bertz CT molecular complexity index is 487. The number of rotatable bonds is 4. The summed E-state index contributed by atoms with van der Waals surface area (Å²) in [6.07, 6.45) is 0. The van der Waals surface area contributed by atoms with E-state index in [0.29, 0.717) is 0 Å². The Morgan fingerprint density at radius 2 is 2.12 bits per heavy atom. The number of anilines is 1. The molecule has 0 spiro atoms. The molecule has 0 fully saturated rings. The van der Waals surface area contributed by atoms with Gasteiger partial charge in [0.1, 0.15) is 16.6 Å². The molecule has 1 N–H and O–H groups in total. The van der Waals surface area contributed by atoms with E-state index in [4.69, 9.17) is 27.9 Å². The first-order valence-corrected chi connectivity index (χ1v) is 5.56. The molecule has 1 aromatic heterocycles. The maximum atomic E-state index is 11.6. The Morgan fingerprint density at radius 3 is 2.65 bits per heavy atom. The second-order valence-electron chi connectivity index (χ2n) is 2.99. The molecular formula is C9H11Cl2N3O3. The third-order valence-corrected chi connectivity index (χ3v) is 2.68. The van der Waals surface area contributed by atoms with Gasteiger partial charge in [-0.15, -0.1) is 5.10 Å². The Labute approximate surface area is 107 Å². The number of esters is 1. The van der Waals surface area contributed by atoms with E-state index in [2.05, 4.69) is 10.4 Å². The Kier molecular flexibility index (Phi) is 4.77. The van der Waals surface area contributed by atoms with E-state index in [1.807, 2.05) is 0 Å². The summed E-state index contributed by atoms with van der Waals surface area (Å²) >= 11 is 11.5. The van der Waals surface area contributed by atoms with Crippen molar-refractivity contribution in [1.29, 1.82) is 0 Å². The molecule has 0 aliphatic heterocycles. The molecule has 94 valence electrons. The minimum atomic E-state index is -0.635. The summed E-state index contributed by atoms with van der Waals surface area (Å²) in [6, 6.07) is 0. The molecule has 0 saturated heterocycles. The zero-order valence-electron chi connectivity index (χ0n) is 9.29. The standard InChI is InChI=1S/C9H11Cl2N3O3/c1-3-17-5(15)4-14-9(16)7(11)6(10)8(12-2)13-14/h3-4H2,1-2H3,(H,12,13). The lowest BCUT2D eigenvalue weighted by Crippen LogP contribution is -2.29. The highest BCUT2D eigenvalue weighted by Crippen LogP contribution is 2.23. The van der Waals surface area contributed by atoms with Gasteiger partial charge in [-0.05, 0) is 6.92 Å². The maximum Gasteiger partial charge on any atom is 0.327 e. The molecule has 0 bridgehead atoms. The fraction of sp³-hybridized carbons (Fsp3) is 0.444. The third-order valence-electron chi connectivity index (χ3n) is 1.86. The van der Waals surface area contributed by atoms with Gasteiger partial charge in [-0.3, -0.25) is 9.59 Å². The number of halogens is 2. The number of hydrogen-bond donors (Lipinski definition) is 1. The molecule has 1 rings (SSSR count). The number of carbonyl (C=O) groups is 1. The molecule has 1 aromatic rings. The van der Waals surface area contributed by atoms with Gasteiger partial charge in [0.15, 0.2) is 5.82 Å². The molecule has 0 aliphatic rings. The van der Waals surface area contributed by atoms with Crippen molar-refractivity contribution in [2.45, 2.75) is 13.5 Å². The van der Waals surface area contributed by atoms with E-state index in [-0.39, 0.29) is 29.0 Å². The SMILES string of the molecule is CCOC(=O)Cn1nc(NC)c(Cl)c(Cl)c1=O. The lowest BCUT2D eigenvalue weighted by Gasteiger charge is -2.09. The summed E-state index contributed by atoms with van der Waals surface area (Å²) in [7, 11) is 1.57. The first-order valence-electron chi connectivity index (χ1n) is 4.80. The van der Waals surface area contributed by atoms with Crippen molar-refractivity contribution in [3.05, 3.63) is 20.4 Å². The lowest BCUT2D eigenvalue weighted by molar-refractivity contribution is -0.144. The molecule has 0 aliphatic carbocycles. The predicted octanol–water partition coefficient (Wildman–Crippen LogP) is 1.15. The van der Waals surface area contributed by atoms with Crippen LogP contribution >= 0.6 is 23.2 Å². The van der Waals surface area contributed by atoms with Gasteiger partial charge in [-0.25, -0.2) is 4.68 Å². The van der Waals surface area contributed by atoms with Gasteiger partial charge in [0.05, 0.1) is 6.61 Å². The molecular weight excluding hydrogens is 269 g/mol. The highest BCUT2D eigenvalue weighted by atomic mass is 35.5. The lowest BCUT2D eigenvalue weighted by atomic mass is 10.5. The van der Waals surface area contributed by atoms with Crippen molar-refractivity contribution < 1.29 is 9.53 Å². The van der Waals surface area contributed by atoms with Crippen LogP contribution in [0.5, 0.6) is 0 Å². The number of nitrogens with zero attached hydrogens (tertiary/aromatic N) is 2. The van der Waals surface area contributed by atoms with Crippen molar-refractivity contribution in [3.8, 4) is 0 Å². The second kappa shape index (κ2) is 5.88. The summed E-state index contributed by atoms with van der Waals surface area (Å²) in [5, 5.41) is 6.36. The average molecular weight is 280 g/mol. The first-order chi connectivity index (χ1) is 8.01. The van der Waals surface area contributed by atoms with Gasteiger partial charge >= 0.3 is 5.97 Å². The minimum absolute atomic E-state index is 0.0271. The Hall–Kier alpha value is -1.27. The topological polar surface area (TPSA) is 73.2 Å². The summed E-state index contributed by atoms with van der Waals surface area (Å²) in [6.45, 7) is 1.59. The quantitative estimate of drug-likeness (QED) is 0.838. The zero-order chi connectivity index (χ0) is 13.0. The normalized spacial score (nSPS) is 10.1. The van der Waals surface area contributed by atoms with E-state index >= 15 is 0 Å². The van der Waals surface area contributed by atoms with E-state index < -0.39 is 11.5 Å². The van der Waals surface area contributed by atoms with Gasteiger partial charge < -0.3 is 10.1 Å². The smallest absolute Gasteiger partial charge is 0.327 e. The molecule has 6 nitrogen and oxygen atoms in total. The van der Waals surface area contributed by atoms with Crippen LogP contribution in [-0.4, -0.2) is 29.4 Å². The van der Waals surface area contributed by atoms with Crippen LogP contribution in [0.15, 0.2) is 4.79 Å². The predicted molar refractivity (Wildman–Crippen MR) is 64.7 cm³/mol. The van der Waals surface area contributed by atoms with E-state index in [9.17, 15) is 9.59 Å². The summed E-state index contributed by atoms with van der Waals surface area (Å²) in [5.41, 5.74) is -0.635. The van der Waals surface area contributed by atoms with Crippen LogP contribution < -0.4 is 10.9 Å². The van der Waals surface area contributed by atoms with Crippen LogP contribution in [0.25, 0.3) is 0 Å². The Balaban J connectivity index is 3.12. The highest BCUT2D eigenvalue weighted by Gasteiger charge is 2.15. The third kappa shape index (κ3) is 3.10. The van der Waals surface area contributed by atoms with Crippen LogP contribution in [0, 0.1) is 0 Å². The van der Waals surface area contributed by atoms with E-state index in [0.717, 1.165) is 4.68 Å². The summed E-state index contributed by atoms with van der Waals surface area (Å²) in [5.74, 6) is -0.344. The molecule has 0 aromatic carbocycles. The van der Waals surface area contributed by atoms with Crippen molar-refractivity contribution in [2.75, 3.05) is 19.0 Å². The largest absolute Gasteiger partial charge is 0.465 e. The number of ether oxygens (including phenoxy) is 1. The monoisotopic (exact) mass is 279 g/mol. The molecule has 0 saturated carbocycles. The van der Waals surface area contributed by atoms with Crippen molar-refractivity contribution in [2.24, 2.45) is 0 Å². The van der Waals surface area contributed by atoms with E-state index in [1.54, 1.807) is 14.0 Å². The van der Waals surface area contributed by atoms with Crippen LogP contribution in [0.2, 0.25) is 10.0 Å². The molecule has 0 radical (unpaired) electrons. The Morgan fingerprint density at radius 1 is 1.47 bits per heavy atom. The molecule has 17 heavy (non-hydrogen) atoms. The number of hydrogen-bond acceptors (Lipinski definition) is 5. The fourth-order valence-electron chi connectivity index (χ4n) is 1.12. The highest BCUT2D eigenvalue weighted by molar-refractivity contribution is 6.43. The minimum Gasteiger partial charge on any atom is -0.465 e. The van der Waals surface area contributed by atoms with Crippen LogP contribution in [-0.2, 0) is 16.1 Å². The van der Waals surface area contributed by atoms with Crippen molar-refractivity contribution in [3.63, 3.8) is 0 Å². The number of aromatic nitrogens is 2. The van der Waals surface area contributed by atoms with Gasteiger partial charge in [0.2, 0.25) is 0 Å². The van der Waals surface area contributed by atoms with Gasteiger partial charge in [-0.2, -0.15) is 0 Å². The fourth-order valence-corrected chi connectivity index (χ4v) is 1.52. The molecule has 1 heterocycles. The summed E-state index contributed by atoms with van der Waals surface area (Å²) in [4.78, 5) is 22.9. The van der Waals surface area contributed by atoms with Crippen LogP contribution in [0.4, 0.5) is 5.82 Å². The average Bonchev–Trinajstić information content (AvgIpc) is 2.30. The van der Waals surface area contributed by atoms with Crippen molar-refractivity contribution in [1.82, 2.24) is 9.78 Å². The molecule has 8 heteroatoms. The summed E-state index contributed by atoms with van der Waals surface area (Å²) < 4.78 is 5.61. The van der Waals surface area contributed by atoms with Crippen LogP contribution in [0.1, 0.15) is 6.92 Å². The van der Waals surface area contributed by atoms with Crippen LogP contribution in [0.3, 0.4) is 0 Å². The molecule has 0 unspecified atom stereocenters. The molecule has 0 amide bonds. The van der Waals surface area contributed by atoms with E-state index in [1.165, 1.54) is 0 Å². The second-order valence-corrected chi connectivity index (χ2v) is 3.75. The first kappa shape index (κ1) is 13.8. The zero-order valence-corrected chi connectivity index (χ0v) is 10.8. The maximum absolute atomic E-state index is 11.6. The van der Waals surface area contributed by atoms with Crippen molar-refractivity contribution >= 4 is 35.0 Å². The van der Waals surface area contributed by atoms with Gasteiger partial charge in [-0.1, -0.05) is 23.2 Å².